The van der Waals surface area contributed by atoms with Crippen molar-refractivity contribution in [3.8, 4) is 5.75 Å². The molecule has 0 aromatic heterocycles. The fourth-order valence-electron chi connectivity index (χ4n) is 3.57. The van der Waals surface area contributed by atoms with Crippen LogP contribution in [0.5, 0.6) is 5.75 Å². The Bertz CT molecular complexity index is 1220. The van der Waals surface area contributed by atoms with E-state index in [1.165, 1.54) is 6.07 Å². The van der Waals surface area contributed by atoms with Gasteiger partial charge in [-0.2, -0.15) is 4.72 Å². The van der Waals surface area contributed by atoms with Gasteiger partial charge in [0.25, 0.3) is 0 Å². The SMILES string of the molecule is CCOc1ccc(S(=O)(=O)N[C@@H](Cc2ccccc2)C(=O)Nc2ccc(C)cc2C)cc1C. The van der Waals surface area contributed by atoms with Crippen molar-refractivity contribution >= 4 is 21.6 Å². The van der Waals surface area contributed by atoms with Crippen molar-refractivity contribution in [3.05, 3.63) is 89.0 Å². The molecule has 33 heavy (non-hydrogen) atoms. The van der Waals surface area contributed by atoms with Gasteiger partial charge in [0.05, 0.1) is 11.5 Å². The Hall–Kier alpha value is -3.16. The van der Waals surface area contributed by atoms with E-state index in [-0.39, 0.29) is 11.3 Å². The van der Waals surface area contributed by atoms with Crippen LogP contribution in [-0.4, -0.2) is 27.0 Å². The average Bonchev–Trinajstić information content (AvgIpc) is 2.77. The predicted octanol–water partition coefficient (Wildman–Crippen LogP) is 4.54. The molecule has 0 radical (unpaired) electrons. The Kier molecular flexibility index (Phi) is 7.89. The predicted molar refractivity (Wildman–Crippen MR) is 131 cm³/mol. The first-order valence-corrected chi connectivity index (χ1v) is 12.4. The van der Waals surface area contributed by atoms with E-state index in [9.17, 15) is 13.2 Å². The van der Waals surface area contributed by atoms with Gasteiger partial charge in [-0.05, 0) is 75.1 Å². The second kappa shape index (κ2) is 10.6. The van der Waals surface area contributed by atoms with E-state index in [2.05, 4.69) is 10.0 Å². The highest BCUT2D eigenvalue weighted by atomic mass is 32.2. The van der Waals surface area contributed by atoms with Gasteiger partial charge in [0.1, 0.15) is 11.8 Å². The van der Waals surface area contributed by atoms with Crippen LogP contribution in [-0.2, 0) is 21.2 Å². The lowest BCUT2D eigenvalue weighted by Gasteiger charge is -2.20. The summed E-state index contributed by atoms with van der Waals surface area (Å²) in [5.41, 5.74) is 4.20. The molecule has 3 aromatic carbocycles. The van der Waals surface area contributed by atoms with E-state index in [0.29, 0.717) is 23.6 Å². The fraction of sp³-hybridized carbons (Fsp3) is 0.269. The molecule has 0 fully saturated rings. The van der Waals surface area contributed by atoms with Gasteiger partial charge >= 0.3 is 0 Å². The molecule has 0 spiro atoms. The highest BCUT2D eigenvalue weighted by Crippen LogP contribution is 2.23. The number of ether oxygens (including phenoxy) is 1. The van der Waals surface area contributed by atoms with Crippen molar-refractivity contribution in [3.63, 3.8) is 0 Å². The van der Waals surface area contributed by atoms with E-state index in [1.807, 2.05) is 69.3 Å². The minimum atomic E-state index is -3.95. The Labute approximate surface area is 196 Å². The van der Waals surface area contributed by atoms with Gasteiger partial charge in [-0.25, -0.2) is 8.42 Å². The molecule has 1 atom stereocenters. The third-order valence-electron chi connectivity index (χ3n) is 5.29. The second-order valence-electron chi connectivity index (χ2n) is 8.03. The number of carbonyl (C=O) groups is 1. The molecule has 1 amide bonds. The largest absolute Gasteiger partial charge is 0.494 e. The van der Waals surface area contributed by atoms with E-state index in [4.69, 9.17) is 4.74 Å². The molecule has 6 nitrogen and oxygen atoms in total. The lowest BCUT2D eigenvalue weighted by atomic mass is 10.1. The smallest absolute Gasteiger partial charge is 0.242 e. The Morgan fingerprint density at radius 3 is 2.30 bits per heavy atom. The van der Waals surface area contributed by atoms with Crippen LogP contribution < -0.4 is 14.8 Å². The third-order valence-corrected chi connectivity index (χ3v) is 6.76. The molecular formula is C26H30N2O4S. The zero-order valence-electron chi connectivity index (χ0n) is 19.4. The maximum absolute atomic E-state index is 13.2. The number of hydrogen-bond acceptors (Lipinski definition) is 4. The van der Waals surface area contributed by atoms with Crippen molar-refractivity contribution in [2.75, 3.05) is 11.9 Å². The summed E-state index contributed by atoms with van der Waals surface area (Å²) in [7, 11) is -3.95. The molecule has 0 aliphatic heterocycles. The normalized spacial score (nSPS) is 12.2. The van der Waals surface area contributed by atoms with Gasteiger partial charge in [-0.1, -0.05) is 48.0 Å². The second-order valence-corrected chi connectivity index (χ2v) is 9.75. The maximum Gasteiger partial charge on any atom is 0.242 e. The average molecular weight is 467 g/mol. The Morgan fingerprint density at radius 1 is 0.939 bits per heavy atom. The number of hydrogen-bond donors (Lipinski definition) is 2. The summed E-state index contributed by atoms with van der Waals surface area (Å²) >= 11 is 0. The zero-order valence-corrected chi connectivity index (χ0v) is 20.2. The molecule has 3 rings (SSSR count). The Balaban J connectivity index is 1.88. The molecule has 2 N–H and O–H groups in total. The number of aryl methyl sites for hydroxylation is 3. The lowest BCUT2D eigenvalue weighted by Crippen LogP contribution is -2.45. The molecule has 7 heteroatoms. The first-order valence-electron chi connectivity index (χ1n) is 10.9. The van der Waals surface area contributed by atoms with E-state index < -0.39 is 22.0 Å². The summed E-state index contributed by atoms with van der Waals surface area (Å²) < 4.78 is 34.5. The van der Waals surface area contributed by atoms with Crippen molar-refractivity contribution in [2.45, 2.75) is 45.1 Å². The summed E-state index contributed by atoms with van der Waals surface area (Å²) in [5, 5.41) is 2.88. The lowest BCUT2D eigenvalue weighted by molar-refractivity contribution is -0.117. The van der Waals surface area contributed by atoms with E-state index in [1.54, 1.807) is 19.1 Å². The minimum absolute atomic E-state index is 0.0841. The van der Waals surface area contributed by atoms with Crippen LogP contribution in [0.3, 0.4) is 0 Å². The monoisotopic (exact) mass is 466 g/mol. The van der Waals surface area contributed by atoms with Crippen molar-refractivity contribution in [1.29, 1.82) is 0 Å². The number of anilines is 1. The highest BCUT2D eigenvalue weighted by molar-refractivity contribution is 7.89. The van der Waals surface area contributed by atoms with Crippen LogP contribution >= 0.6 is 0 Å². The highest BCUT2D eigenvalue weighted by Gasteiger charge is 2.27. The van der Waals surface area contributed by atoms with Crippen LogP contribution in [0, 0.1) is 20.8 Å². The number of amides is 1. The van der Waals surface area contributed by atoms with Crippen LogP contribution in [0.4, 0.5) is 5.69 Å². The van der Waals surface area contributed by atoms with Gasteiger partial charge in [0.2, 0.25) is 15.9 Å². The van der Waals surface area contributed by atoms with Gasteiger partial charge in [-0.15, -0.1) is 0 Å². The third kappa shape index (κ3) is 6.43. The summed E-state index contributed by atoms with van der Waals surface area (Å²) in [6.07, 6.45) is 0.215. The number of sulfonamides is 1. The standard InChI is InChI=1S/C26H30N2O4S/c1-5-32-25-14-12-22(16-20(25)4)33(30,31)28-24(17-21-9-7-6-8-10-21)26(29)27-23-13-11-18(2)15-19(23)3/h6-16,24,28H,5,17H2,1-4H3,(H,27,29)/t24-/m0/s1. The van der Waals surface area contributed by atoms with Crippen molar-refractivity contribution in [1.82, 2.24) is 4.72 Å². The fourth-order valence-corrected chi connectivity index (χ4v) is 4.85. The van der Waals surface area contributed by atoms with Crippen LogP contribution in [0.25, 0.3) is 0 Å². The van der Waals surface area contributed by atoms with E-state index >= 15 is 0 Å². The first-order chi connectivity index (χ1) is 15.7. The summed E-state index contributed by atoms with van der Waals surface area (Å²) in [6, 6.07) is 18.7. The molecule has 174 valence electrons. The van der Waals surface area contributed by atoms with Crippen LogP contribution in [0.15, 0.2) is 71.6 Å². The van der Waals surface area contributed by atoms with Gasteiger partial charge in [0.15, 0.2) is 0 Å². The molecule has 0 unspecified atom stereocenters. The van der Waals surface area contributed by atoms with Crippen molar-refractivity contribution < 1.29 is 17.9 Å². The molecule has 0 saturated carbocycles. The van der Waals surface area contributed by atoms with Crippen LogP contribution in [0.1, 0.15) is 29.2 Å². The molecule has 3 aromatic rings. The number of benzene rings is 3. The molecule has 0 bridgehead atoms. The maximum atomic E-state index is 13.2. The van der Waals surface area contributed by atoms with Crippen LogP contribution in [0.2, 0.25) is 0 Å². The van der Waals surface area contributed by atoms with Gasteiger partial charge in [-0.3, -0.25) is 4.79 Å². The minimum Gasteiger partial charge on any atom is -0.494 e. The summed E-state index contributed by atoms with van der Waals surface area (Å²) in [6.45, 7) is 8.03. The quantitative estimate of drug-likeness (QED) is 0.485. The molecular weight excluding hydrogens is 436 g/mol. The summed E-state index contributed by atoms with van der Waals surface area (Å²) in [4.78, 5) is 13.3. The van der Waals surface area contributed by atoms with Crippen molar-refractivity contribution in [2.24, 2.45) is 0 Å². The van der Waals surface area contributed by atoms with Gasteiger partial charge in [0, 0.05) is 5.69 Å². The first kappa shape index (κ1) is 24.5. The topological polar surface area (TPSA) is 84.5 Å². The zero-order chi connectivity index (χ0) is 24.0. The molecule has 0 aliphatic carbocycles. The Morgan fingerprint density at radius 2 is 1.67 bits per heavy atom. The van der Waals surface area contributed by atoms with Gasteiger partial charge < -0.3 is 10.1 Å². The number of carbonyl (C=O) groups excluding carboxylic acids is 1. The summed E-state index contributed by atoms with van der Waals surface area (Å²) in [5.74, 6) is 0.210. The molecule has 0 heterocycles. The van der Waals surface area contributed by atoms with E-state index in [0.717, 1.165) is 16.7 Å². The molecule has 0 saturated heterocycles. The number of rotatable bonds is 9. The number of nitrogens with one attached hydrogen (secondary N) is 2. The molecule has 0 aliphatic rings.